The Morgan fingerprint density at radius 1 is 1.24 bits per heavy atom. The third kappa shape index (κ3) is 3.94. The van der Waals surface area contributed by atoms with Gasteiger partial charge in [0, 0.05) is 28.5 Å². The number of rotatable bonds is 5. The van der Waals surface area contributed by atoms with Crippen LogP contribution in [0.25, 0.3) is 17.2 Å². The Bertz CT molecular complexity index is 1390. The Morgan fingerprint density at radius 2 is 2.03 bits per heavy atom. The highest BCUT2D eigenvalue weighted by atomic mass is 35.5. The summed E-state index contributed by atoms with van der Waals surface area (Å²) in [4.78, 5) is 17.3. The molecule has 3 heterocycles. The Hall–Kier alpha value is -3.98. The van der Waals surface area contributed by atoms with Gasteiger partial charge in [-0.15, -0.1) is 5.10 Å². The zero-order valence-corrected chi connectivity index (χ0v) is 19.2. The highest BCUT2D eigenvalue weighted by molar-refractivity contribution is 6.30. The van der Waals surface area contributed by atoms with Crippen LogP contribution in [-0.2, 0) is 4.79 Å². The molecule has 0 bridgehead atoms. The van der Waals surface area contributed by atoms with E-state index in [4.69, 9.17) is 16.3 Å². The number of phenols is 1. The third-order valence-electron chi connectivity index (χ3n) is 5.67. The van der Waals surface area contributed by atoms with E-state index in [0.717, 1.165) is 22.4 Å². The van der Waals surface area contributed by atoms with E-state index in [1.165, 1.54) is 4.68 Å². The number of halogens is 1. The number of aryl methyl sites for hydroxylation is 1. The molecule has 1 aliphatic heterocycles. The number of nitrogens with one attached hydrogen (secondary N) is 1. The smallest absolute Gasteiger partial charge is 0.272 e. The zero-order chi connectivity index (χ0) is 23.8. The summed E-state index contributed by atoms with van der Waals surface area (Å²) in [5, 5.41) is 26.5. The molecule has 2 N–H and O–H groups in total. The van der Waals surface area contributed by atoms with Crippen molar-refractivity contribution < 1.29 is 14.6 Å². The van der Waals surface area contributed by atoms with Gasteiger partial charge in [-0.25, -0.2) is 4.98 Å². The van der Waals surface area contributed by atoms with Crippen LogP contribution in [0.3, 0.4) is 0 Å². The number of phenolic OH excluding ortho intramolecular Hbond substituents is 1. The number of benzene rings is 2. The lowest BCUT2D eigenvalue weighted by molar-refractivity contribution is -0.116. The average molecular weight is 477 g/mol. The standard InChI is InChI=1S/C24H21ClN6O3/c1-3-34-20-10-15(6-9-19(20)32)17-11-21(33)28-23-22(17)13(2)30-31(23)24-27-18(12-26-29-24)14-4-7-16(25)8-5-14/h4-10,12,17,32H,3,11H2,1-2H3,(H,28,33)/t17-/m0/s1. The second-order valence-corrected chi connectivity index (χ2v) is 8.31. The number of ether oxygens (including phenoxy) is 1. The number of hydrogen-bond donors (Lipinski definition) is 2. The zero-order valence-electron chi connectivity index (χ0n) is 18.5. The summed E-state index contributed by atoms with van der Waals surface area (Å²) in [6.07, 6.45) is 1.79. The normalized spacial score (nSPS) is 15.0. The molecule has 9 nitrogen and oxygen atoms in total. The number of hydrogen-bond acceptors (Lipinski definition) is 7. The first-order chi connectivity index (χ1) is 16.4. The van der Waals surface area contributed by atoms with Crippen LogP contribution in [0.5, 0.6) is 11.5 Å². The van der Waals surface area contributed by atoms with Crippen LogP contribution < -0.4 is 10.1 Å². The molecule has 1 amide bonds. The van der Waals surface area contributed by atoms with E-state index in [0.29, 0.717) is 28.9 Å². The quantitative estimate of drug-likeness (QED) is 0.442. The average Bonchev–Trinajstić information content (AvgIpc) is 3.17. The topological polar surface area (TPSA) is 115 Å². The second-order valence-electron chi connectivity index (χ2n) is 7.87. The number of anilines is 1. The van der Waals surface area contributed by atoms with Crippen molar-refractivity contribution in [2.45, 2.75) is 26.2 Å². The third-order valence-corrected chi connectivity index (χ3v) is 5.92. The summed E-state index contributed by atoms with van der Waals surface area (Å²) in [6.45, 7) is 4.14. The number of aromatic nitrogens is 5. The maximum atomic E-state index is 12.7. The van der Waals surface area contributed by atoms with E-state index >= 15 is 0 Å². The lowest BCUT2D eigenvalue weighted by atomic mass is 9.85. The first-order valence-electron chi connectivity index (χ1n) is 10.8. The van der Waals surface area contributed by atoms with E-state index in [1.54, 1.807) is 36.5 Å². The van der Waals surface area contributed by atoms with E-state index < -0.39 is 0 Å². The van der Waals surface area contributed by atoms with Gasteiger partial charge >= 0.3 is 0 Å². The van der Waals surface area contributed by atoms with Crippen LogP contribution in [0.4, 0.5) is 5.82 Å². The summed E-state index contributed by atoms with van der Waals surface area (Å²) in [7, 11) is 0. The number of nitrogens with zero attached hydrogens (tertiary/aromatic N) is 5. The molecule has 0 saturated heterocycles. The lowest BCUT2D eigenvalue weighted by Crippen LogP contribution is -2.25. The Kier molecular flexibility index (Phi) is 5.62. The highest BCUT2D eigenvalue weighted by Crippen LogP contribution is 2.42. The fourth-order valence-corrected chi connectivity index (χ4v) is 4.26. The molecule has 0 unspecified atom stereocenters. The van der Waals surface area contributed by atoms with Crippen molar-refractivity contribution >= 4 is 23.3 Å². The lowest BCUT2D eigenvalue weighted by Gasteiger charge is -2.24. The molecule has 0 radical (unpaired) electrons. The first-order valence-corrected chi connectivity index (χ1v) is 11.1. The molecule has 2 aromatic heterocycles. The summed E-state index contributed by atoms with van der Waals surface area (Å²) >= 11 is 6.00. The van der Waals surface area contributed by atoms with Crippen LogP contribution in [0, 0.1) is 6.92 Å². The SMILES string of the molecule is CCOc1cc([C@@H]2CC(=O)Nc3c2c(C)nn3-c2nncc(-c3ccc(Cl)cc3)n2)ccc1O. The largest absolute Gasteiger partial charge is 0.504 e. The molecule has 1 atom stereocenters. The van der Waals surface area contributed by atoms with Crippen molar-refractivity contribution in [3.8, 4) is 28.7 Å². The molecule has 0 fully saturated rings. The maximum Gasteiger partial charge on any atom is 0.272 e. The molecule has 0 spiro atoms. The van der Waals surface area contributed by atoms with E-state index in [9.17, 15) is 9.90 Å². The van der Waals surface area contributed by atoms with Crippen LogP contribution in [-0.4, -0.2) is 42.6 Å². The van der Waals surface area contributed by atoms with Gasteiger partial charge in [0.25, 0.3) is 5.95 Å². The predicted molar refractivity (Wildman–Crippen MR) is 126 cm³/mol. The highest BCUT2D eigenvalue weighted by Gasteiger charge is 2.33. The molecule has 34 heavy (non-hydrogen) atoms. The molecular weight excluding hydrogens is 456 g/mol. The molecule has 4 aromatic rings. The summed E-state index contributed by atoms with van der Waals surface area (Å²) in [5.41, 5.74) is 3.85. The fourth-order valence-electron chi connectivity index (χ4n) is 4.14. The number of aromatic hydroxyl groups is 1. The minimum absolute atomic E-state index is 0.0528. The van der Waals surface area contributed by atoms with E-state index in [2.05, 4.69) is 25.6 Å². The van der Waals surface area contributed by atoms with E-state index in [-0.39, 0.29) is 29.9 Å². The van der Waals surface area contributed by atoms with Crippen molar-refractivity contribution in [1.82, 2.24) is 25.0 Å². The van der Waals surface area contributed by atoms with Crippen molar-refractivity contribution in [2.24, 2.45) is 0 Å². The predicted octanol–water partition coefficient (Wildman–Crippen LogP) is 4.26. The minimum Gasteiger partial charge on any atom is -0.504 e. The summed E-state index contributed by atoms with van der Waals surface area (Å²) < 4.78 is 7.05. The number of carbonyl (C=O) groups excluding carboxylic acids is 1. The van der Waals surface area contributed by atoms with Crippen molar-refractivity contribution in [2.75, 3.05) is 11.9 Å². The Morgan fingerprint density at radius 3 is 2.79 bits per heavy atom. The molecule has 2 aromatic carbocycles. The van der Waals surface area contributed by atoms with E-state index in [1.807, 2.05) is 26.0 Å². The summed E-state index contributed by atoms with van der Waals surface area (Å²) in [5.74, 6) is 0.729. The monoisotopic (exact) mass is 476 g/mol. The van der Waals surface area contributed by atoms with Gasteiger partial charge in [0.1, 0.15) is 5.82 Å². The maximum absolute atomic E-state index is 12.7. The second kappa shape index (κ2) is 8.75. The van der Waals surface area contributed by atoms with Gasteiger partial charge in [-0.1, -0.05) is 29.8 Å². The van der Waals surface area contributed by atoms with Crippen LogP contribution in [0.1, 0.15) is 36.1 Å². The van der Waals surface area contributed by atoms with Crippen LogP contribution >= 0.6 is 11.6 Å². The molecular formula is C24H21ClN6O3. The number of amides is 1. The van der Waals surface area contributed by atoms with Gasteiger partial charge in [0.05, 0.1) is 24.2 Å². The summed E-state index contributed by atoms with van der Waals surface area (Å²) in [6, 6.07) is 12.4. The van der Waals surface area contributed by atoms with Gasteiger partial charge in [0.2, 0.25) is 5.91 Å². The van der Waals surface area contributed by atoms with Crippen molar-refractivity contribution in [3.05, 3.63) is 70.5 Å². The van der Waals surface area contributed by atoms with Crippen LogP contribution in [0.15, 0.2) is 48.7 Å². The van der Waals surface area contributed by atoms with Gasteiger partial charge in [-0.05, 0) is 43.7 Å². The minimum atomic E-state index is -0.273. The van der Waals surface area contributed by atoms with Gasteiger partial charge in [-0.3, -0.25) is 4.79 Å². The number of carbonyl (C=O) groups is 1. The van der Waals surface area contributed by atoms with Gasteiger partial charge in [0.15, 0.2) is 11.5 Å². The molecule has 10 heteroatoms. The fraction of sp³-hybridized carbons (Fsp3) is 0.208. The molecule has 172 valence electrons. The first kappa shape index (κ1) is 21.8. The van der Waals surface area contributed by atoms with Crippen LogP contribution in [0.2, 0.25) is 5.02 Å². The molecule has 1 aliphatic rings. The number of fused-ring (bicyclic) bond motifs is 1. The molecule has 0 saturated carbocycles. The molecule has 5 rings (SSSR count). The van der Waals surface area contributed by atoms with Gasteiger partial charge in [-0.2, -0.15) is 14.9 Å². The van der Waals surface area contributed by atoms with Gasteiger partial charge < -0.3 is 15.2 Å². The molecule has 0 aliphatic carbocycles. The Labute approximate surface area is 200 Å². The van der Waals surface area contributed by atoms with Crippen molar-refractivity contribution in [1.29, 1.82) is 0 Å². The van der Waals surface area contributed by atoms with Crippen molar-refractivity contribution in [3.63, 3.8) is 0 Å². The Balaban J connectivity index is 1.59.